The van der Waals surface area contributed by atoms with E-state index in [9.17, 15) is 4.79 Å². The highest BCUT2D eigenvalue weighted by atomic mass is 35.5. The van der Waals surface area contributed by atoms with Crippen LogP contribution in [-0.4, -0.2) is 30.0 Å². The van der Waals surface area contributed by atoms with E-state index in [0.29, 0.717) is 13.1 Å². The first-order valence-corrected chi connectivity index (χ1v) is 6.41. The monoisotopic (exact) mass is 278 g/mol. The molecule has 0 saturated heterocycles. The SMILES string of the molecule is COC(=O)C(Cl)CNCc1cccc2cccnc12. The van der Waals surface area contributed by atoms with Crippen LogP contribution < -0.4 is 5.32 Å². The van der Waals surface area contributed by atoms with Gasteiger partial charge < -0.3 is 10.1 Å². The molecule has 0 aliphatic heterocycles. The molecule has 1 aromatic heterocycles. The molecule has 19 heavy (non-hydrogen) atoms. The number of esters is 1. The van der Waals surface area contributed by atoms with Gasteiger partial charge in [-0.1, -0.05) is 24.3 Å². The maximum Gasteiger partial charge on any atom is 0.325 e. The van der Waals surface area contributed by atoms with Gasteiger partial charge in [-0.3, -0.25) is 9.78 Å². The van der Waals surface area contributed by atoms with E-state index in [1.807, 2.05) is 30.3 Å². The van der Waals surface area contributed by atoms with Crippen LogP contribution in [0.4, 0.5) is 0 Å². The average molecular weight is 279 g/mol. The van der Waals surface area contributed by atoms with E-state index in [-0.39, 0.29) is 0 Å². The zero-order valence-corrected chi connectivity index (χ0v) is 11.4. The Kier molecular flexibility index (Phi) is 4.71. The summed E-state index contributed by atoms with van der Waals surface area (Å²) in [5.41, 5.74) is 2.04. The predicted molar refractivity (Wildman–Crippen MR) is 75.1 cm³/mol. The molecule has 0 fully saturated rings. The number of hydrogen-bond donors (Lipinski definition) is 1. The van der Waals surface area contributed by atoms with Crippen LogP contribution in [0.3, 0.4) is 0 Å². The van der Waals surface area contributed by atoms with E-state index in [2.05, 4.69) is 15.0 Å². The van der Waals surface area contributed by atoms with Crippen molar-refractivity contribution in [1.82, 2.24) is 10.3 Å². The van der Waals surface area contributed by atoms with Crippen LogP contribution in [0.5, 0.6) is 0 Å². The number of pyridine rings is 1. The zero-order valence-electron chi connectivity index (χ0n) is 10.6. The van der Waals surface area contributed by atoms with Crippen molar-refractivity contribution in [1.29, 1.82) is 0 Å². The van der Waals surface area contributed by atoms with Crippen LogP contribution in [0.25, 0.3) is 10.9 Å². The molecule has 0 aliphatic rings. The molecule has 1 aromatic carbocycles. The van der Waals surface area contributed by atoms with Crippen molar-refractivity contribution in [2.45, 2.75) is 11.9 Å². The molecule has 1 atom stereocenters. The number of nitrogens with zero attached hydrogens (tertiary/aromatic N) is 1. The minimum absolute atomic E-state index is 0.359. The maximum absolute atomic E-state index is 11.2. The molecule has 1 N–H and O–H groups in total. The van der Waals surface area contributed by atoms with Gasteiger partial charge in [-0.15, -0.1) is 11.6 Å². The third kappa shape index (κ3) is 3.43. The Balaban J connectivity index is 2.00. The zero-order chi connectivity index (χ0) is 13.7. The van der Waals surface area contributed by atoms with Crippen molar-refractivity contribution >= 4 is 28.5 Å². The van der Waals surface area contributed by atoms with Crippen molar-refractivity contribution in [2.24, 2.45) is 0 Å². The van der Waals surface area contributed by atoms with Gasteiger partial charge in [0.05, 0.1) is 12.6 Å². The summed E-state index contributed by atoms with van der Waals surface area (Å²) in [5, 5.41) is 3.56. The second-order valence-corrected chi connectivity index (χ2v) is 4.64. The second-order valence-electron chi connectivity index (χ2n) is 4.11. The number of aromatic nitrogens is 1. The van der Waals surface area contributed by atoms with Gasteiger partial charge in [-0.25, -0.2) is 0 Å². The molecule has 4 nitrogen and oxygen atoms in total. The molecular formula is C14H15ClN2O2. The summed E-state index contributed by atoms with van der Waals surface area (Å²) in [7, 11) is 1.33. The first kappa shape index (κ1) is 13.8. The van der Waals surface area contributed by atoms with Gasteiger partial charge in [0.2, 0.25) is 0 Å². The lowest BCUT2D eigenvalue weighted by Gasteiger charge is -2.10. The van der Waals surface area contributed by atoms with Crippen LogP contribution in [0.1, 0.15) is 5.56 Å². The van der Waals surface area contributed by atoms with Gasteiger partial charge in [-0.2, -0.15) is 0 Å². The van der Waals surface area contributed by atoms with Crippen LogP contribution >= 0.6 is 11.6 Å². The van der Waals surface area contributed by atoms with Crippen LogP contribution in [0.15, 0.2) is 36.5 Å². The van der Waals surface area contributed by atoms with Crippen LogP contribution in [0, 0.1) is 0 Å². The van der Waals surface area contributed by atoms with Gasteiger partial charge >= 0.3 is 5.97 Å². The lowest BCUT2D eigenvalue weighted by atomic mass is 10.1. The Bertz CT molecular complexity index is 569. The Morgan fingerprint density at radius 1 is 1.42 bits per heavy atom. The summed E-state index contributed by atoms with van der Waals surface area (Å²) in [6, 6.07) is 9.93. The average Bonchev–Trinajstić information content (AvgIpc) is 2.46. The number of nitrogens with one attached hydrogen (secondary N) is 1. The molecule has 0 amide bonds. The third-order valence-electron chi connectivity index (χ3n) is 2.81. The van der Waals surface area contributed by atoms with Gasteiger partial charge in [0.1, 0.15) is 5.38 Å². The Morgan fingerprint density at radius 2 is 2.21 bits per heavy atom. The molecule has 1 heterocycles. The fraction of sp³-hybridized carbons (Fsp3) is 0.286. The maximum atomic E-state index is 11.2. The van der Waals surface area contributed by atoms with E-state index in [1.54, 1.807) is 6.20 Å². The molecule has 1 unspecified atom stereocenters. The Hall–Kier alpha value is -1.65. The second kappa shape index (κ2) is 6.50. The number of benzene rings is 1. The largest absolute Gasteiger partial charge is 0.468 e. The molecule has 0 aliphatic carbocycles. The predicted octanol–water partition coefficient (Wildman–Crippen LogP) is 2.10. The number of hydrogen-bond acceptors (Lipinski definition) is 4. The lowest BCUT2D eigenvalue weighted by Crippen LogP contribution is -2.29. The first-order chi connectivity index (χ1) is 9.22. The fourth-order valence-electron chi connectivity index (χ4n) is 1.85. The van der Waals surface area contributed by atoms with E-state index < -0.39 is 11.3 Å². The first-order valence-electron chi connectivity index (χ1n) is 5.97. The smallest absolute Gasteiger partial charge is 0.325 e. The van der Waals surface area contributed by atoms with Gasteiger partial charge in [0, 0.05) is 24.7 Å². The topological polar surface area (TPSA) is 51.2 Å². The number of para-hydroxylation sites is 1. The van der Waals surface area contributed by atoms with Crippen molar-refractivity contribution in [3.8, 4) is 0 Å². The number of fused-ring (bicyclic) bond motifs is 1. The summed E-state index contributed by atoms with van der Waals surface area (Å²) in [5.74, 6) is -0.426. The lowest BCUT2D eigenvalue weighted by molar-refractivity contribution is -0.140. The number of halogens is 1. The minimum Gasteiger partial charge on any atom is -0.468 e. The Labute approximate surface area is 116 Å². The number of rotatable bonds is 5. The highest BCUT2D eigenvalue weighted by Gasteiger charge is 2.14. The van der Waals surface area contributed by atoms with Crippen molar-refractivity contribution in [3.05, 3.63) is 42.1 Å². The van der Waals surface area contributed by atoms with Crippen LogP contribution in [0.2, 0.25) is 0 Å². The fourth-order valence-corrected chi connectivity index (χ4v) is 2.05. The number of ether oxygens (including phenoxy) is 1. The molecule has 0 saturated carbocycles. The van der Waals surface area contributed by atoms with Crippen molar-refractivity contribution in [2.75, 3.05) is 13.7 Å². The molecule has 0 radical (unpaired) electrons. The molecule has 2 aromatic rings. The summed E-state index contributed by atoms with van der Waals surface area (Å²) in [6.45, 7) is 0.964. The highest BCUT2D eigenvalue weighted by Crippen LogP contribution is 2.15. The Morgan fingerprint density at radius 3 is 3.00 bits per heavy atom. The summed E-state index contributed by atoms with van der Waals surface area (Å²) in [6.07, 6.45) is 1.77. The molecule has 5 heteroatoms. The molecule has 0 spiro atoms. The number of alkyl halides is 1. The summed E-state index contributed by atoms with van der Waals surface area (Å²) in [4.78, 5) is 15.5. The number of carbonyl (C=O) groups is 1. The molecular weight excluding hydrogens is 264 g/mol. The summed E-state index contributed by atoms with van der Waals surface area (Å²) < 4.78 is 4.56. The van der Waals surface area contributed by atoms with Crippen LogP contribution in [-0.2, 0) is 16.1 Å². The molecule has 100 valence electrons. The van der Waals surface area contributed by atoms with E-state index in [0.717, 1.165) is 16.5 Å². The molecule has 2 rings (SSSR count). The standard InChI is InChI=1S/C14H15ClN2O2/c1-19-14(18)12(15)9-16-8-11-5-2-4-10-6-3-7-17-13(10)11/h2-7,12,16H,8-9H2,1H3. The van der Waals surface area contributed by atoms with Gasteiger partial charge in [0.15, 0.2) is 0 Å². The molecule has 0 bridgehead atoms. The minimum atomic E-state index is -0.673. The summed E-state index contributed by atoms with van der Waals surface area (Å²) >= 11 is 5.86. The van der Waals surface area contributed by atoms with Gasteiger partial charge in [-0.05, 0) is 11.6 Å². The van der Waals surface area contributed by atoms with Gasteiger partial charge in [0.25, 0.3) is 0 Å². The van der Waals surface area contributed by atoms with Crippen molar-refractivity contribution < 1.29 is 9.53 Å². The van der Waals surface area contributed by atoms with Crippen molar-refractivity contribution in [3.63, 3.8) is 0 Å². The highest BCUT2D eigenvalue weighted by molar-refractivity contribution is 6.30. The quantitative estimate of drug-likeness (QED) is 0.672. The number of carbonyl (C=O) groups excluding carboxylic acids is 1. The van der Waals surface area contributed by atoms with E-state index in [4.69, 9.17) is 11.6 Å². The number of methoxy groups -OCH3 is 1. The van der Waals surface area contributed by atoms with E-state index in [1.165, 1.54) is 7.11 Å². The van der Waals surface area contributed by atoms with E-state index >= 15 is 0 Å². The third-order valence-corrected chi connectivity index (χ3v) is 3.14. The normalized spacial score (nSPS) is 12.3.